The molecule has 0 unspecified atom stereocenters. The number of amides is 1. The number of sulfonamides is 2. The van der Waals surface area contributed by atoms with Crippen LogP contribution in [-0.4, -0.2) is 83.3 Å². The minimum absolute atomic E-state index is 0.0693. The minimum Gasteiger partial charge on any atom is -0.425 e. The van der Waals surface area contributed by atoms with Crippen LogP contribution < -0.4 is 5.32 Å². The van der Waals surface area contributed by atoms with Gasteiger partial charge in [-0.05, 0) is 18.9 Å². The molecule has 0 atom stereocenters. The number of carbonyl (C=O) groups excluding carboxylic acids is 1. The van der Waals surface area contributed by atoms with E-state index in [9.17, 15) is 65.5 Å². The van der Waals surface area contributed by atoms with Crippen molar-refractivity contribution < 1.29 is 70.0 Å². The summed E-state index contributed by atoms with van der Waals surface area (Å²) in [7, 11) is -12.9. The third-order valence-electron chi connectivity index (χ3n) is 4.39. The highest BCUT2D eigenvalue weighted by Crippen LogP contribution is 2.47. The van der Waals surface area contributed by atoms with E-state index in [1.807, 2.05) is 0 Å². The Morgan fingerprint density at radius 2 is 1.16 bits per heavy atom. The number of nitrogens with zero attached hydrogens (tertiary/aromatic N) is 2. The summed E-state index contributed by atoms with van der Waals surface area (Å²) in [5.41, 5.74) is 0. The van der Waals surface area contributed by atoms with Crippen molar-refractivity contribution in [3.8, 4) is 0 Å². The number of rotatable bonds is 13. The Labute approximate surface area is 207 Å². The third kappa shape index (κ3) is 10.5. The second kappa shape index (κ2) is 13.4. The molecule has 0 aromatic rings. The van der Waals surface area contributed by atoms with Crippen LogP contribution in [0.3, 0.4) is 0 Å². The van der Waals surface area contributed by atoms with Gasteiger partial charge in [0.15, 0.2) is 20.0 Å². The summed E-state index contributed by atoms with van der Waals surface area (Å²) in [4.78, 5) is 11.0. The summed E-state index contributed by atoms with van der Waals surface area (Å²) in [5, 5.41) is -11.2. The van der Waals surface area contributed by atoms with Gasteiger partial charge in [0.1, 0.15) is 0 Å². The van der Waals surface area contributed by atoms with Crippen LogP contribution in [0, 0.1) is 0 Å². The van der Waals surface area contributed by atoms with Gasteiger partial charge in [-0.1, -0.05) is 20.4 Å². The first-order chi connectivity index (χ1) is 16.3. The van der Waals surface area contributed by atoms with Gasteiger partial charge in [-0.15, -0.1) is 0 Å². The number of quaternary nitrogens is 1. The van der Waals surface area contributed by atoms with Crippen molar-refractivity contribution in [3.63, 3.8) is 0 Å². The van der Waals surface area contributed by atoms with Crippen LogP contribution in [0.5, 0.6) is 0 Å². The van der Waals surface area contributed by atoms with Crippen LogP contribution in [0.2, 0.25) is 0 Å². The predicted molar refractivity (Wildman–Crippen MR) is 112 cm³/mol. The maximum atomic E-state index is 12.3. The van der Waals surface area contributed by atoms with E-state index in [4.69, 9.17) is 0 Å². The molecule has 20 heteroatoms. The SMILES string of the molecule is C=CC(=O)NCCC[N+](C)(CCC)CCC.O=S(=O)([N-]S(=O)(=O)C(F)(F)C(F)(F)F)C(F)(F)C(F)(F)F. The zero-order chi connectivity index (χ0) is 30.1. The lowest BCUT2D eigenvalue weighted by Gasteiger charge is -2.34. The fourth-order valence-electron chi connectivity index (χ4n) is 2.67. The quantitative estimate of drug-likeness (QED) is 0.146. The van der Waals surface area contributed by atoms with Gasteiger partial charge in [0.2, 0.25) is 5.91 Å². The Balaban J connectivity index is 0. The molecule has 0 spiro atoms. The normalized spacial score (nSPS) is 14.0. The molecule has 0 aromatic carbocycles. The average Bonchev–Trinajstić information content (AvgIpc) is 2.69. The highest BCUT2D eigenvalue weighted by Gasteiger charge is 2.68. The second-order valence-corrected chi connectivity index (χ2v) is 11.2. The molecule has 8 nitrogen and oxygen atoms in total. The van der Waals surface area contributed by atoms with Crippen LogP contribution >= 0.6 is 0 Å². The molecular formula is C17H27F10N3O5S2. The minimum atomic E-state index is -7.62. The maximum Gasteiger partial charge on any atom is 0.467 e. The Morgan fingerprint density at radius 1 is 0.811 bits per heavy atom. The second-order valence-electron chi connectivity index (χ2n) is 7.69. The molecular weight excluding hydrogens is 580 g/mol. The number of halogens is 10. The molecule has 37 heavy (non-hydrogen) atoms. The fourth-order valence-corrected chi connectivity index (χ4v) is 5.04. The molecule has 0 heterocycles. The Morgan fingerprint density at radius 3 is 1.43 bits per heavy atom. The van der Waals surface area contributed by atoms with Gasteiger partial charge >= 0.3 is 22.9 Å². The van der Waals surface area contributed by atoms with Crippen LogP contribution in [-0.2, 0) is 24.8 Å². The number of hydrogen-bond donors (Lipinski definition) is 1. The van der Waals surface area contributed by atoms with Gasteiger partial charge in [-0.2, -0.15) is 43.9 Å². The highest BCUT2D eigenvalue weighted by atomic mass is 32.3. The van der Waals surface area contributed by atoms with Crippen LogP contribution in [0.15, 0.2) is 12.7 Å². The predicted octanol–water partition coefficient (Wildman–Crippen LogP) is 4.28. The van der Waals surface area contributed by atoms with Gasteiger partial charge in [-0.3, -0.25) is 4.79 Å². The topological polar surface area (TPSA) is 111 Å². The standard InChI is InChI=1S/C13H26N2O.C4F10NO4S2/c1-5-10-15(4,11-6-2)12-8-9-14-13(16)7-3;5-1(6,7)3(11,12)20(16,17)15-21(18,19)4(13,14)2(8,9)10/h7H,3,5-6,8-12H2,1-2,4H3;/q;-1/p+1. The molecule has 0 radical (unpaired) electrons. The van der Waals surface area contributed by atoms with Gasteiger partial charge in [-0.25, -0.2) is 16.8 Å². The highest BCUT2D eigenvalue weighted by molar-refractivity contribution is 8.13. The fraction of sp³-hybridized carbons (Fsp3) is 0.824. The zero-order valence-corrected chi connectivity index (χ0v) is 21.4. The molecule has 1 N–H and O–H groups in total. The summed E-state index contributed by atoms with van der Waals surface area (Å²) < 4.78 is 162. The summed E-state index contributed by atoms with van der Waals surface area (Å²) in [6, 6.07) is 0. The van der Waals surface area contributed by atoms with Crippen LogP contribution in [0.4, 0.5) is 43.9 Å². The number of alkyl halides is 10. The van der Waals surface area contributed by atoms with E-state index in [2.05, 4.69) is 32.8 Å². The Hall–Kier alpha value is -1.67. The van der Waals surface area contributed by atoms with Crippen molar-refractivity contribution in [3.05, 3.63) is 16.8 Å². The molecule has 0 aliphatic carbocycles. The van der Waals surface area contributed by atoms with E-state index in [-0.39, 0.29) is 5.91 Å². The first kappa shape index (κ1) is 37.5. The lowest BCUT2D eigenvalue weighted by Crippen LogP contribution is -2.48. The van der Waals surface area contributed by atoms with Crippen molar-refractivity contribution in [1.29, 1.82) is 0 Å². The molecule has 0 rings (SSSR count). The maximum absolute atomic E-state index is 12.3. The number of nitrogens with one attached hydrogen (secondary N) is 1. The largest absolute Gasteiger partial charge is 0.467 e. The van der Waals surface area contributed by atoms with E-state index in [1.54, 1.807) is 0 Å². The lowest BCUT2D eigenvalue weighted by molar-refractivity contribution is -0.909. The molecule has 0 aliphatic rings. The van der Waals surface area contributed by atoms with Gasteiger partial charge in [0.05, 0.1) is 26.7 Å². The molecule has 0 saturated carbocycles. The molecule has 0 aromatic heterocycles. The van der Waals surface area contributed by atoms with E-state index in [0.29, 0.717) is 4.13 Å². The van der Waals surface area contributed by atoms with Crippen molar-refractivity contribution in [2.75, 3.05) is 33.2 Å². The Bertz CT molecular complexity index is 905. The van der Waals surface area contributed by atoms with E-state index in [1.165, 1.54) is 32.0 Å². The zero-order valence-electron chi connectivity index (χ0n) is 19.8. The summed E-state index contributed by atoms with van der Waals surface area (Å²) in [6.45, 7) is 12.2. The summed E-state index contributed by atoms with van der Waals surface area (Å²) >= 11 is 0. The van der Waals surface area contributed by atoms with Crippen molar-refractivity contribution in [2.24, 2.45) is 0 Å². The van der Waals surface area contributed by atoms with Crippen molar-refractivity contribution >= 4 is 26.0 Å². The molecule has 0 aliphatic heterocycles. The van der Waals surface area contributed by atoms with Crippen molar-refractivity contribution in [2.45, 2.75) is 56.0 Å². The first-order valence-electron chi connectivity index (χ1n) is 10.1. The summed E-state index contributed by atoms with van der Waals surface area (Å²) in [5.74, 6) is -0.0693. The van der Waals surface area contributed by atoms with E-state index < -0.39 is 42.9 Å². The van der Waals surface area contributed by atoms with Crippen molar-refractivity contribution in [1.82, 2.24) is 5.32 Å². The number of hydrogen-bond acceptors (Lipinski definition) is 5. The van der Waals surface area contributed by atoms with Gasteiger partial charge < -0.3 is 13.9 Å². The third-order valence-corrected chi connectivity index (χ3v) is 7.72. The monoisotopic (exact) mass is 607 g/mol. The smallest absolute Gasteiger partial charge is 0.425 e. The van der Waals surface area contributed by atoms with Gasteiger partial charge in [0, 0.05) is 13.0 Å². The van der Waals surface area contributed by atoms with Gasteiger partial charge in [0.25, 0.3) is 0 Å². The Kier molecular flexibility index (Phi) is 13.6. The molecule has 1 amide bonds. The lowest BCUT2D eigenvalue weighted by atomic mass is 10.2. The van der Waals surface area contributed by atoms with E-state index in [0.717, 1.165) is 24.0 Å². The summed E-state index contributed by atoms with van der Waals surface area (Å²) in [6.07, 6.45) is -9.20. The molecule has 222 valence electrons. The molecule has 0 saturated heterocycles. The molecule has 0 fully saturated rings. The number of carbonyl (C=O) groups is 1. The van der Waals surface area contributed by atoms with Crippen LogP contribution in [0.25, 0.3) is 4.13 Å². The van der Waals surface area contributed by atoms with Crippen LogP contribution in [0.1, 0.15) is 33.1 Å². The molecule has 0 bridgehead atoms. The van der Waals surface area contributed by atoms with E-state index >= 15 is 0 Å². The average molecular weight is 608 g/mol. The first-order valence-corrected chi connectivity index (χ1v) is 13.0.